The van der Waals surface area contributed by atoms with E-state index in [0.29, 0.717) is 6.54 Å². The van der Waals surface area contributed by atoms with Gasteiger partial charge in [0.15, 0.2) is 0 Å². The number of rotatable bonds is 5. The van der Waals surface area contributed by atoms with Crippen LogP contribution in [-0.4, -0.2) is 22.1 Å². The maximum Gasteiger partial charge on any atom is 0.222 e. The van der Waals surface area contributed by atoms with Crippen molar-refractivity contribution < 1.29 is 9.90 Å². The topological polar surface area (TPSA) is 62.2 Å². The summed E-state index contributed by atoms with van der Waals surface area (Å²) in [5.74, 6) is -0.00936. The average molecular weight is 242 g/mol. The molecule has 0 aliphatic carbocycles. The first-order chi connectivity index (χ1) is 7.50. The zero-order valence-electron chi connectivity index (χ0n) is 9.86. The van der Waals surface area contributed by atoms with Crippen LogP contribution in [-0.2, 0) is 11.3 Å². The molecule has 1 rings (SSSR count). The molecule has 1 amide bonds. The third-order valence-corrected chi connectivity index (χ3v) is 3.39. The summed E-state index contributed by atoms with van der Waals surface area (Å²) in [4.78, 5) is 16.6. The first-order valence-electron chi connectivity index (χ1n) is 5.34. The molecule has 1 heterocycles. The van der Waals surface area contributed by atoms with Crippen LogP contribution in [0.15, 0.2) is 5.51 Å². The summed E-state index contributed by atoms with van der Waals surface area (Å²) in [5, 5.41) is 12.3. The lowest BCUT2D eigenvalue weighted by molar-refractivity contribution is -0.123. The van der Waals surface area contributed by atoms with E-state index in [0.717, 1.165) is 10.6 Å². The molecule has 0 spiro atoms. The molecule has 0 saturated heterocycles. The summed E-state index contributed by atoms with van der Waals surface area (Å²) in [6.45, 7) is 6.21. The highest BCUT2D eigenvalue weighted by Crippen LogP contribution is 2.11. The minimum atomic E-state index is -0.567. The van der Waals surface area contributed by atoms with Crippen LogP contribution in [0, 0.1) is 12.8 Å². The number of aliphatic hydroxyl groups is 1. The number of aryl methyl sites for hydroxylation is 1. The molecule has 1 aromatic heterocycles. The van der Waals surface area contributed by atoms with Crippen LogP contribution < -0.4 is 5.32 Å². The van der Waals surface area contributed by atoms with Gasteiger partial charge in [0, 0.05) is 4.88 Å². The summed E-state index contributed by atoms with van der Waals surface area (Å²) >= 11 is 1.53. The molecule has 0 aromatic carbocycles. The van der Waals surface area contributed by atoms with Gasteiger partial charge in [0.2, 0.25) is 5.91 Å². The van der Waals surface area contributed by atoms with Gasteiger partial charge in [0.05, 0.1) is 30.3 Å². The fourth-order valence-corrected chi connectivity index (χ4v) is 1.89. The van der Waals surface area contributed by atoms with E-state index in [1.165, 1.54) is 11.3 Å². The Labute approximate surface area is 99.7 Å². The standard InChI is InChI=1S/C11H18N2O2S/c1-7(2)9(14)4-11(15)12-5-10-8(3)13-6-16-10/h6-7,9,14H,4-5H2,1-3H3,(H,12,15). The Hall–Kier alpha value is -0.940. The Morgan fingerprint density at radius 3 is 2.81 bits per heavy atom. The quantitative estimate of drug-likeness (QED) is 0.822. The predicted octanol–water partition coefficient (Wildman–Crippen LogP) is 1.47. The van der Waals surface area contributed by atoms with Crippen LogP contribution >= 0.6 is 11.3 Å². The molecule has 1 atom stereocenters. The van der Waals surface area contributed by atoms with Gasteiger partial charge in [-0.2, -0.15) is 0 Å². The Balaban J connectivity index is 2.33. The summed E-state index contributed by atoms with van der Waals surface area (Å²) in [5.41, 5.74) is 2.72. The van der Waals surface area contributed by atoms with Crippen LogP contribution in [0.3, 0.4) is 0 Å². The Morgan fingerprint density at radius 2 is 2.31 bits per heavy atom. The molecule has 2 N–H and O–H groups in total. The SMILES string of the molecule is Cc1ncsc1CNC(=O)CC(O)C(C)C. The molecule has 0 aliphatic heterocycles. The lowest BCUT2D eigenvalue weighted by Crippen LogP contribution is -2.29. The van der Waals surface area contributed by atoms with Crippen molar-refractivity contribution in [1.29, 1.82) is 0 Å². The molecule has 1 unspecified atom stereocenters. The zero-order valence-corrected chi connectivity index (χ0v) is 10.7. The van der Waals surface area contributed by atoms with E-state index in [-0.39, 0.29) is 18.2 Å². The smallest absolute Gasteiger partial charge is 0.222 e. The van der Waals surface area contributed by atoms with Gasteiger partial charge in [-0.3, -0.25) is 4.79 Å². The van der Waals surface area contributed by atoms with E-state index in [9.17, 15) is 9.90 Å². The molecule has 0 aliphatic rings. The zero-order chi connectivity index (χ0) is 12.1. The van der Waals surface area contributed by atoms with Crippen molar-refractivity contribution in [3.63, 3.8) is 0 Å². The van der Waals surface area contributed by atoms with Crippen molar-refractivity contribution in [2.45, 2.75) is 39.8 Å². The van der Waals surface area contributed by atoms with Gasteiger partial charge in [-0.05, 0) is 12.8 Å². The fraction of sp³-hybridized carbons (Fsp3) is 0.636. The third-order valence-electron chi connectivity index (χ3n) is 2.46. The largest absolute Gasteiger partial charge is 0.392 e. The van der Waals surface area contributed by atoms with Gasteiger partial charge in [-0.1, -0.05) is 13.8 Å². The molecule has 0 fully saturated rings. The number of carbonyl (C=O) groups is 1. The summed E-state index contributed by atoms with van der Waals surface area (Å²) < 4.78 is 0. The van der Waals surface area contributed by atoms with E-state index < -0.39 is 6.10 Å². The lowest BCUT2D eigenvalue weighted by Gasteiger charge is -2.13. The van der Waals surface area contributed by atoms with Gasteiger partial charge in [0.25, 0.3) is 0 Å². The second-order valence-corrected chi connectivity index (χ2v) is 5.09. The van der Waals surface area contributed by atoms with Crippen LogP contribution in [0.1, 0.15) is 30.8 Å². The maximum absolute atomic E-state index is 11.5. The first kappa shape index (κ1) is 13.1. The van der Waals surface area contributed by atoms with Crippen molar-refractivity contribution in [2.24, 2.45) is 5.92 Å². The van der Waals surface area contributed by atoms with Crippen LogP contribution in [0.25, 0.3) is 0 Å². The number of nitrogens with one attached hydrogen (secondary N) is 1. The number of thiazole rings is 1. The number of hydrogen-bond donors (Lipinski definition) is 2. The van der Waals surface area contributed by atoms with E-state index in [4.69, 9.17) is 0 Å². The molecular weight excluding hydrogens is 224 g/mol. The summed E-state index contributed by atoms with van der Waals surface area (Å²) in [7, 11) is 0. The Morgan fingerprint density at radius 1 is 1.62 bits per heavy atom. The number of hydrogen-bond acceptors (Lipinski definition) is 4. The Bertz CT molecular complexity index is 350. The number of carbonyl (C=O) groups excluding carboxylic acids is 1. The molecular formula is C11H18N2O2S. The van der Waals surface area contributed by atoms with Gasteiger partial charge < -0.3 is 10.4 Å². The van der Waals surface area contributed by atoms with Crippen molar-refractivity contribution >= 4 is 17.2 Å². The molecule has 4 nitrogen and oxygen atoms in total. The molecule has 0 bridgehead atoms. The molecule has 0 saturated carbocycles. The van der Waals surface area contributed by atoms with Gasteiger partial charge in [-0.15, -0.1) is 11.3 Å². The van der Waals surface area contributed by atoms with Crippen molar-refractivity contribution in [3.8, 4) is 0 Å². The van der Waals surface area contributed by atoms with Gasteiger partial charge in [-0.25, -0.2) is 4.98 Å². The highest BCUT2D eigenvalue weighted by atomic mass is 32.1. The second kappa shape index (κ2) is 5.96. The monoisotopic (exact) mass is 242 g/mol. The Kier molecular flexibility index (Phi) is 4.89. The van der Waals surface area contributed by atoms with E-state index in [1.807, 2.05) is 20.8 Å². The fourth-order valence-electron chi connectivity index (χ4n) is 1.17. The molecule has 90 valence electrons. The highest BCUT2D eigenvalue weighted by Gasteiger charge is 2.14. The average Bonchev–Trinajstić information content (AvgIpc) is 2.61. The molecule has 1 aromatic rings. The minimum absolute atomic E-state index is 0.107. The minimum Gasteiger partial charge on any atom is -0.392 e. The number of aromatic nitrogens is 1. The highest BCUT2D eigenvalue weighted by molar-refractivity contribution is 7.09. The number of aliphatic hydroxyl groups excluding tert-OH is 1. The molecule has 0 radical (unpaired) electrons. The second-order valence-electron chi connectivity index (χ2n) is 4.15. The van der Waals surface area contributed by atoms with Crippen molar-refractivity contribution in [1.82, 2.24) is 10.3 Å². The van der Waals surface area contributed by atoms with Crippen molar-refractivity contribution in [2.75, 3.05) is 0 Å². The van der Waals surface area contributed by atoms with E-state index in [2.05, 4.69) is 10.3 Å². The molecule has 16 heavy (non-hydrogen) atoms. The number of amides is 1. The number of nitrogens with zero attached hydrogens (tertiary/aromatic N) is 1. The van der Waals surface area contributed by atoms with E-state index in [1.54, 1.807) is 5.51 Å². The maximum atomic E-state index is 11.5. The lowest BCUT2D eigenvalue weighted by atomic mass is 10.0. The summed E-state index contributed by atoms with van der Waals surface area (Å²) in [6, 6.07) is 0. The first-order valence-corrected chi connectivity index (χ1v) is 6.22. The summed E-state index contributed by atoms with van der Waals surface area (Å²) in [6.07, 6.45) is -0.405. The van der Waals surface area contributed by atoms with Crippen LogP contribution in [0.2, 0.25) is 0 Å². The van der Waals surface area contributed by atoms with Gasteiger partial charge in [0.1, 0.15) is 0 Å². The normalized spacial score (nSPS) is 12.8. The molecule has 5 heteroatoms. The third kappa shape index (κ3) is 3.90. The van der Waals surface area contributed by atoms with E-state index >= 15 is 0 Å². The van der Waals surface area contributed by atoms with Gasteiger partial charge >= 0.3 is 0 Å². The van der Waals surface area contributed by atoms with Crippen molar-refractivity contribution in [3.05, 3.63) is 16.1 Å². The van der Waals surface area contributed by atoms with Crippen LogP contribution in [0.4, 0.5) is 0 Å². The van der Waals surface area contributed by atoms with Crippen LogP contribution in [0.5, 0.6) is 0 Å². The predicted molar refractivity (Wildman–Crippen MR) is 64.2 cm³/mol.